The largest absolute Gasteiger partial charge is 0.492 e. The first-order chi connectivity index (χ1) is 16.6. The normalized spacial score (nSPS) is 17.5. The van der Waals surface area contributed by atoms with Gasteiger partial charge in [0.2, 0.25) is 11.8 Å². The number of morpholine rings is 1. The molecule has 8 nitrogen and oxygen atoms in total. The molecule has 2 aliphatic rings. The van der Waals surface area contributed by atoms with Crippen LogP contribution in [0.3, 0.4) is 0 Å². The molecular weight excluding hydrogens is 434 g/mol. The molecule has 1 unspecified atom stereocenters. The van der Waals surface area contributed by atoms with E-state index in [0.717, 1.165) is 30.0 Å². The maximum absolute atomic E-state index is 12.9. The molecule has 1 atom stereocenters. The van der Waals surface area contributed by atoms with Crippen LogP contribution in [0.15, 0.2) is 36.4 Å². The van der Waals surface area contributed by atoms with Crippen LogP contribution in [0.25, 0.3) is 0 Å². The zero-order valence-electron chi connectivity index (χ0n) is 19.9. The highest BCUT2D eigenvalue weighted by atomic mass is 16.5. The molecule has 8 heteroatoms. The second-order valence-electron chi connectivity index (χ2n) is 8.42. The minimum absolute atomic E-state index is 0.0324. The van der Waals surface area contributed by atoms with Gasteiger partial charge in [-0.2, -0.15) is 0 Å². The number of ether oxygens (including phenoxy) is 3. The van der Waals surface area contributed by atoms with Crippen molar-refractivity contribution in [1.29, 1.82) is 0 Å². The maximum Gasteiger partial charge on any atom is 0.227 e. The number of para-hydroxylation sites is 1. The number of hydrogen-bond donors (Lipinski definition) is 2. The third kappa shape index (κ3) is 5.62. The molecular formula is C26H33N3O5. The van der Waals surface area contributed by atoms with Crippen molar-refractivity contribution >= 4 is 28.9 Å². The van der Waals surface area contributed by atoms with E-state index in [2.05, 4.69) is 15.5 Å². The Bertz CT molecular complexity index is 1020. The molecule has 2 aromatic rings. The Morgan fingerprint density at radius 2 is 1.85 bits per heavy atom. The van der Waals surface area contributed by atoms with Gasteiger partial charge >= 0.3 is 0 Å². The van der Waals surface area contributed by atoms with Crippen molar-refractivity contribution < 1.29 is 23.8 Å². The van der Waals surface area contributed by atoms with E-state index in [1.807, 2.05) is 50.2 Å². The van der Waals surface area contributed by atoms with E-state index in [1.54, 1.807) is 0 Å². The van der Waals surface area contributed by atoms with Gasteiger partial charge in [-0.3, -0.25) is 9.59 Å². The Labute approximate surface area is 200 Å². The predicted molar refractivity (Wildman–Crippen MR) is 132 cm³/mol. The fourth-order valence-corrected chi connectivity index (χ4v) is 4.41. The van der Waals surface area contributed by atoms with Crippen molar-refractivity contribution in [1.82, 2.24) is 0 Å². The van der Waals surface area contributed by atoms with E-state index in [-0.39, 0.29) is 24.2 Å². The fourth-order valence-electron chi connectivity index (χ4n) is 4.41. The van der Waals surface area contributed by atoms with Gasteiger partial charge < -0.3 is 29.7 Å². The summed E-state index contributed by atoms with van der Waals surface area (Å²) in [6.45, 7) is 7.69. The SMILES string of the molecule is CCOc1cc(N2CCOCC2)c(OCC)cc1NC(=O)CCC1Cc2ccccc2NC1=O. The number of anilines is 3. The molecule has 0 aromatic heterocycles. The lowest BCUT2D eigenvalue weighted by atomic mass is 9.89. The van der Waals surface area contributed by atoms with Gasteiger partial charge in [0.25, 0.3) is 0 Å². The number of fused-ring (bicyclic) bond motifs is 1. The molecule has 0 radical (unpaired) electrons. The molecule has 2 aliphatic heterocycles. The molecule has 34 heavy (non-hydrogen) atoms. The van der Waals surface area contributed by atoms with E-state index in [4.69, 9.17) is 14.2 Å². The third-order valence-electron chi connectivity index (χ3n) is 6.12. The van der Waals surface area contributed by atoms with E-state index in [9.17, 15) is 9.59 Å². The van der Waals surface area contributed by atoms with Crippen LogP contribution in [0, 0.1) is 5.92 Å². The first kappa shape index (κ1) is 23.9. The van der Waals surface area contributed by atoms with E-state index >= 15 is 0 Å². The predicted octanol–water partition coefficient (Wildman–Crippen LogP) is 3.85. The monoisotopic (exact) mass is 467 g/mol. The summed E-state index contributed by atoms with van der Waals surface area (Å²) in [6.07, 6.45) is 1.35. The molecule has 1 fully saturated rings. The molecule has 2 amide bonds. The first-order valence-corrected chi connectivity index (χ1v) is 12.0. The quantitative estimate of drug-likeness (QED) is 0.582. The van der Waals surface area contributed by atoms with E-state index < -0.39 is 0 Å². The van der Waals surface area contributed by atoms with Crippen molar-refractivity contribution in [3.8, 4) is 11.5 Å². The number of nitrogens with one attached hydrogen (secondary N) is 2. The van der Waals surface area contributed by atoms with Crippen molar-refractivity contribution in [2.24, 2.45) is 5.92 Å². The summed E-state index contributed by atoms with van der Waals surface area (Å²) in [5.74, 6) is 0.885. The molecule has 182 valence electrons. The lowest BCUT2D eigenvalue weighted by molar-refractivity contribution is -0.121. The molecule has 0 aliphatic carbocycles. The molecule has 2 heterocycles. The number of rotatable bonds is 9. The highest BCUT2D eigenvalue weighted by Crippen LogP contribution is 2.39. The second-order valence-corrected chi connectivity index (χ2v) is 8.42. The van der Waals surface area contributed by atoms with Crippen LogP contribution < -0.4 is 25.0 Å². The summed E-state index contributed by atoms with van der Waals surface area (Å²) in [7, 11) is 0. The van der Waals surface area contributed by atoms with Crippen LogP contribution in [0.2, 0.25) is 0 Å². The standard InChI is InChI=1S/C26H33N3O5/c1-3-33-23-17-22(29-11-13-32-14-12-29)24(34-4-2)16-21(23)27-25(30)10-9-19-15-18-7-5-6-8-20(18)28-26(19)31/h5-8,16-17,19H,3-4,9-15H2,1-2H3,(H,27,30)(H,28,31). The number of nitrogens with zero attached hydrogens (tertiary/aromatic N) is 1. The minimum atomic E-state index is -0.227. The molecule has 2 N–H and O–H groups in total. The molecule has 2 aromatic carbocycles. The van der Waals surface area contributed by atoms with Gasteiger partial charge in [-0.1, -0.05) is 18.2 Å². The third-order valence-corrected chi connectivity index (χ3v) is 6.12. The zero-order chi connectivity index (χ0) is 23.9. The summed E-state index contributed by atoms with van der Waals surface area (Å²) in [5.41, 5.74) is 3.47. The van der Waals surface area contributed by atoms with E-state index in [0.29, 0.717) is 56.5 Å². The van der Waals surface area contributed by atoms with Crippen LogP contribution in [-0.4, -0.2) is 51.3 Å². The molecule has 0 bridgehead atoms. The van der Waals surface area contributed by atoms with Crippen LogP contribution >= 0.6 is 0 Å². The van der Waals surface area contributed by atoms with Crippen molar-refractivity contribution in [3.05, 3.63) is 42.0 Å². The Morgan fingerprint density at radius 3 is 2.62 bits per heavy atom. The minimum Gasteiger partial charge on any atom is -0.492 e. The molecule has 4 rings (SSSR count). The van der Waals surface area contributed by atoms with Gasteiger partial charge in [-0.15, -0.1) is 0 Å². The summed E-state index contributed by atoms with van der Waals surface area (Å²) < 4.78 is 17.2. The first-order valence-electron chi connectivity index (χ1n) is 12.0. The highest BCUT2D eigenvalue weighted by molar-refractivity contribution is 5.97. The van der Waals surface area contributed by atoms with Crippen molar-refractivity contribution in [2.75, 3.05) is 55.1 Å². The summed E-state index contributed by atoms with van der Waals surface area (Å²) in [4.78, 5) is 27.5. The van der Waals surface area contributed by atoms with Crippen LogP contribution in [0.1, 0.15) is 32.3 Å². The summed E-state index contributed by atoms with van der Waals surface area (Å²) in [6, 6.07) is 11.6. The Morgan fingerprint density at radius 1 is 1.12 bits per heavy atom. The Kier molecular flexibility index (Phi) is 7.90. The van der Waals surface area contributed by atoms with Crippen molar-refractivity contribution in [3.63, 3.8) is 0 Å². The zero-order valence-corrected chi connectivity index (χ0v) is 19.9. The van der Waals surface area contributed by atoms with E-state index in [1.165, 1.54) is 0 Å². The van der Waals surface area contributed by atoms with Crippen LogP contribution in [0.5, 0.6) is 11.5 Å². The number of benzene rings is 2. The fraction of sp³-hybridized carbons (Fsp3) is 0.462. The Hall–Kier alpha value is -3.26. The van der Waals surface area contributed by atoms with Gasteiger partial charge in [0.05, 0.1) is 37.8 Å². The number of hydrogen-bond acceptors (Lipinski definition) is 6. The lowest BCUT2D eigenvalue weighted by Crippen LogP contribution is -2.36. The van der Waals surface area contributed by atoms with Gasteiger partial charge in [0, 0.05) is 43.2 Å². The number of carbonyl (C=O) groups is 2. The average molecular weight is 468 g/mol. The molecule has 1 saturated heterocycles. The number of carbonyl (C=O) groups excluding carboxylic acids is 2. The molecule has 0 saturated carbocycles. The average Bonchev–Trinajstić information content (AvgIpc) is 2.85. The van der Waals surface area contributed by atoms with Crippen LogP contribution in [0.4, 0.5) is 17.1 Å². The van der Waals surface area contributed by atoms with Crippen molar-refractivity contribution in [2.45, 2.75) is 33.1 Å². The summed E-state index contributed by atoms with van der Waals surface area (Å²) in [5, 5.41) is 5.93. The van der Waals surface area contributed by atoms with Gasteiger partial charge in [-0.25, -0.2) is 0 Å². The maximum atomic E-state index is 12.9. The Balaban J connectivity index is 1.45. The van der Waals surface area contributed by atoms with Crippen LogP contribution in [-0.2, 0) is 20.7 Å². The van der Waals surface area contributed by atoms with Gasteiger partial charge in [-0.05, 0) is 38.3 Å². The molecule has 0 spiro atoms. The summed E-state index contributed by atoms with van der Waals surface area (Å²) >= 11 is 0. The number of amides is 2. The second kappa shape index (κ2) is 11.2. The van der Waals surface area contributed by atoms with Gasteiger partial charge in [0.1, 0.15) is 11.5 Å². The lowest BCUT2D eigenvalue weighted by Gasteiger charge is -2.31. The topological polar surface area (TPSA) is 89.1 Å². The smallest absolute Gasteiger partial charge is 0.227 e. The van der Waals surface area contributed by atoms with Gasteiger partial charge in [0.15, 0.2) is 0 Å². The highest BCUT2D eigenvalue weighted by Gasteiger charge is 2.27.